The van der Waals surface area contributed by atoms with Gasteiger partial charge in [0.2, 0.25) is 0 Å². The van der Waals surface area contributed by atoms with Crippen LogP contribution in [0.2, 0.25) is 0 Å². The number of amides is 1. The number of hydrogen-bond donors (Lipinski definition) is 1. The lowest BCUT2D eigenvalue weighted by Crippen LogP contribution is -2.26. The van der Waals surface area contributed by atoms with Crippen LogP contribution in [0, 0.1) is 10.1 Å². The number of fused-ring (bicyclic) bond motifs is 1. The van der Waals surface area contributed by atoms with E-state index in [4.69, 9.17) is 0 Å². The van der Waals surface area contributed by atoms with Gasteiger partial charge in [-0.05, 0) is 12.1 Å². The first-order valence-corrected chi connectivity index (χ1v) is 7.12. The van der Waals surface area contributed by atoms with E-state index in [1.54, 1.807) is 31.3 Å². The Morgan fingerprint density at radius 1 is 1.17 bits per heavy atom. The molecule has 0 spiro atoms. The molecule has 0 atom stereocenters. The molecule has 0 aliphatic carbocycles. The van der Waals surface area contributed by atoms with Crippen LogP contribution in [0.4, 0.5) is 5.69 Å². The van der Waals surface area contributed by atoms with E-state index in [1.165, 1.54) is 11.0 Å². The summed E-state index contributed by atoms with van der Waals surface area (Å²) in [6, 6.07) is 15.8. The predicted molar refractivity (Wildman–Crippen MR) is 87.2 cm³/mol. The molecule has 2 aromatic carbocycles. The second-order valence-corrected chi connectivity index (χ2v) is 5.32. The third kappa shape index (κ3) is 2.91. The zero-order chi connectivity index (χ0) is 16.4. The van der Waals surface area contributed by atoms with E-state index in [0.29, 0.717) is 11.3 Å². The highest BCUT2D eigenvalue weighted by atomic mass is 16.6. The van der Waals surface area contributed by atoms with Gasteiger partial charge in [-0.1, -0.05) is 36.4 Å². The molecule has 0 bridgehead atoms. The van der Waals surface area contributed by atoms with Crippen LogP contribution in [-0.2, 0) is 6.54 Å². The molecule has 0 saturated carbocycles. The Kier molecular flexibility index (Phi) is 3.80. The van der Waals surface area contributed by atoms with Gasteiger partial charge in [-0.15, -0.1) is 0 Å². The number of nitro groups is 1. The van der Waals surface area contributed by atoms with E-state index in [9.17, 15) is 14.9 Å². The average Bonchev–Trinajstić information content (AvgIpc) is 2.98. The van der Waals surface area contributed by atoms with E-state index < -0.39 is 4.92 Å². The van der Waals surface area contributed by atoms with E-state index >= 15 is 0 Å². The Morgan fingerprint density at radius 2 is 1.87 bits per heavy atom. The number of aromatic amines is 1. The van der Waals surface area contributed by atoms with Gasteiger partial charge in [0.05, 0.1) is 11.5 Å². The first kappa shape index (κ1) is 14.8. The van der Waals surface area contributed by atoms with Crippen LogP contribution in [0.15, 0.2) is 54.6 Å². The van der Waals surface area contributed by atoms with Gasteiger partial charge in [-0.25, -0.2) is 0 Å². The molecule has 3 rings (SSSR count). The SMILES string of the molecule is CN(Cc1ccccc1[N+](=O)[O-])C(=O)c1cc2ccccc2[nH]1. The number of nitro benzene ring substituents is 1. The minimum atomic E-state index is -0.434. The Morgan fingerprint density at radius 3 is 2.61 bits per heavy atom. The number of para-hydroxylation sites is 2. The molecule has 6 heteroatoms. The molecule has 1 heterocycles. The van der Waals surface area contributed by atoms with E-state index in [1.807, 2.05) is 24.3 Å². The maximum absolute atomic E-state index is 12.5. The minimum absolute atomic E-state index is 0.0174. The molecule has 0 fully saturated rings. The molecule has 1 aromatic heterocycles. The lowest BCUT2D eigenvalue weighted by atomic mass is 10.1. The topological polar surface area (TPSA) is 79.2 Å². The lowest BCUT2D eigenvalue weighted by molar-refractivity contribution is -0.385. The summed E-state index contributed by atoms with van der Waals surface area (Å²) < 4.78 is 0. The van der Waals surface area contributed by atoms with Crippen molar-refractivity contribution in [3.8, 4) is 0 Å². The molecule has 0 radical (unpaired) electrons. The monoisotopic (exact) mass is 309 g/mol. The molecule has 0 aliphatic rings. The molecular weight excluding hydrogens is 294 g/mol. The van der Waals surface area contributed by atoms with E-state index in [0.717, 1.165) is 10.9 Å². The Balaban J connectivity index is 1.84. The van der Waals surface area contributed by atoms with Gasteiger partial charge < -0.3 is 9.88 Å². The highest BCUT2D eigenvalue weighted by Crippen LogP contribution is 2.21. The predicted octanol–water partition coefficient (Wildman–Crippen LogP) is 3.35. The zero-order valence-corrected chi connectivity index (χ0v) is 12.5. The smallest absolute Gasteiger partial charge is 0.274 e. The van der Waals surface area contributed by atoms with Gasteiger partial charge in [0.15, 0.2) is 0 Å². The van der Waals surface area contributed by atoms with Gasteiger partial charge >= 0.3 is 0 Å². The highest BCUT2D eigenvalue weighted by molar-refractivity contribution is 5.97. The summed E-state index contributed by atoms with van der Waals surface area (Å²) in [6.45, 7) is 0.172. The van der Waals surface area contributed by atoms with Crippen LogP contribution in [0.25, 0.3) is 10.9 Å². The van der Waals surface area contributed by atoms with Crippen molar-refractivity contribution in [1.82, 2.24) is 9.88 Å². The largest absolute Gasteiger partial charge is 0.351 e. The van der Waals surface area contributed by atoms with Gasteiger partial charge in [0.1, 0.15) is 5.69 Å². The van der Waals surface area contributed by atoms with Crippen molar-refractivity contribution < 1.29 is 9.72 Å². The van der Waals surface area contributed by atoms with Crippen molar-refractivity contribution in [1.29, 1.82) is 0 Å². The van der Waals surface area contributed by atoms with Gasteiger partial charge in [-0.2, -0.15) is 0 Å². The Hall–Kier alpha value is -3.15. The number of H-pyrrole nitrogens is 1. The normalized spacial score (nSPS) is 10.7. The molecule has 116 valence electrons. The van der Waals surface area contributed by atoms with Crippen molar-refractivity contribution in [3.63, 3.8) is 0 Å². The first-order valence-electron chi connectivity index (χ1n) is 7.12. The number of carbonyl (C=O) groups excluding carboxylic acids is 1. The number of benzene rings is 2. The Labute approximate surface area is 132 Å². The lowest BCUT2D eigenvalue weighted by Gasteiger charge is -2.16. The highest BCUT2D eigenvalue weighted by Gasteiger charge is 2.19. The molecule has 1 N–H and O–H groups in total. The molecule has 0 aliphatic heterocycles. The number of hydrogen-bond acceptors (Lipinski definition) is 3. The van der Waals surface area contributed by atoms with E-state index in [-0.39, 0.29) is 18.1 Å². The van der Waals surface area contributed by atoms with Crippen LogP contribution >= 0.6 is 0 Å². The van der Waals surface area contributed by atoms with Gasteiger partial charge in [0, 0.05) is 29.6 Å². The van der Waals surface area contributed by atoms with Crippen LogP contribution < -0.4 is 0 Å². The standard InChI is InChI=1S/C17H15N3O3/c1-19(11-13-7-3-5-9-16(13)20(22)23)17(21)15-10-12-6-2-4-8-14(12)18-15/h2-10,18H,11H2,1H3. The minimum Gasteiger partial charge on any atom is -0.351 e. The van der Waals surface area contributed by atoms with Crippen molar-refractivity contribution >= 4 is 22.5 Å². The van der Waals surface area contributed by atoms with Gasteiger partial charge in [0.25, 0.3) is 11.6 Å². The average molecular weight is 309 g/mol. The second-order valence-electron chi connectivity index (χ2n) is 5.32. The summed E-state index contributed by atoms with van der Waals surface area (Å²) >= 11 is 0. The third-order valence-electron chi connectivity index (χ3n) is 3.70. The summed E-state index contributed by atoms with van der Waals surface area (Å²) in [4.78, 5) is 27.7. The van der Waals surface area contributed by atoms with Crippen molar-refractivity contribution in [3.05, 3.63) is 76.0 Å². The summed E-state index contributed by atoms with van der Waals surface area (Å²) in [5.41, 5.74) is 1.87. The number of nitrogens with zero attached hydrogens (tertiary/aromatic N) is 2. The summed E-state index contributed by atoms with van der Waals surface area (Å²) in [5, 5.41) is 12.0. The Bertz CT molecular complexity index is 852. The maximum Gasteiger partial charge on any atom is 0.274 e. The summed E-state index contributed by atoms with van der Waals surface area (Å²) in [5.74, 6) is -0.209. The molecule has 1 amide bonds. The fourth-order valence-electron chi connectivity index (χ4n) is 2.54. The number of aromatic nitrogens is 1. The molecule has 6 nitrogen and oxygen atoms in total. The number of rotatable bonds is 4. The van der Waals surface area contributed by atoms with Crippen LogP contribution in [0.1, 0.15) is 16.1 Å². The maximum atomic E-state index is 12.5. The van der Waals surface area contributed by atoms with Crippen LogP contribution in [0.5, 0.6) is 0 Å². The first-order chi connectivity index (χ1) is 11.1. The van der Waals surface area contributed by atoms with Crippen LogP contribution in [0.3, 0.4) is 0 Å². The van der Waals surface area contributed by atoms with E-state index in [2.05, 4.69) is 4.98 Å². The molecule has 23 heavy (non-hydrogen) atoms. The van der Waals surface area contributed by atoms with Crippen molar-refractivity contribution in [2.24, 2.45) is 0 Å². The third-order valence-corrected chi connectivity index (χ3v) is 3.70. The molecule has 0 unspecified atom stereocenters. The quantitative estimate of drug-likeness (QED) is 0.593. The number of nitrogens with one attached hydrogen (secondary N) is 1. The van der Waals surface area contributed by atoms with Crippen LogP contribution in [-0.4, -0.2) is 27.8 Å². The number of carbonyl (C=O) groups is 1. The fraction of sp³-hybridized carbons (Fsp3) is 0.118. The molecule has 0 saturated heterocycles. The summed E-state index contributed by atoms with van der Waals surface area (Å²) in [6.07, 6.45) is 0. The molecular formula is C17H15N3O3. The van der Waals surface area contributed by atoms with Crippen molar-refractivity contribution in [2.45, 2.75) is 6.54 Å². The fourth-order valence-corrected chi connectivity index (χ4v) is 2.54. The zero-order valence-electron chi connectivity index (χ0n) is 12.5. The second kappa shape index (κ2) is 5.92. The van der Waals surface area contributed by atoms with Crippen molar-refractivity contribution in [2.75, 3.05) is 7.05 Å². The molecule has 3 aromatic rings. The van der Waals surface area contributed by atoms with Gasteiger partial charge in [-0.3, -0.25) is 14.9 Å². The summed E-state index contributed by atoms with van der Waals surface area (Å²) in [7, 11) is 1.63.